The van der Waals surface area contributed by atoms with Gasteiger partial charge in [-0.15, -0.1) is 0 Å². The molecule has 2 aromatic carbocycles. The standard InChI is InChI=1S/C36H45N5O5S/c1-39(2)47(44,45)38-34(42)24-9-11-27-31(17-24)41-21-36(35(43)37-30-20-40-15-13-22(30)14-16-40)19-29(36)28-18-25(46-3)10-12-26(28)33(41)32(27)23-7-5-4-6-8-23/h9-12,17-18,22-23,29-30H,4-8,13-16,19-21H2,1-3H3,(H,37,43)(H,38,42)/t29?,30-,36?/m0/s1. The topological polar surface area (TPSA) is 113 Å². The Bertz CT molecular complexity index is 1870. The molecule has 2 aliphatic carbocycles. The summed E-state index contributed by atoms with van der Waals surface area (Å²) in [5.74, 6) is 1.17. The molecule has 47 heavy (non-hydrogen) atoms. The molecule has 2 N–H and O–H groups in total. The molecule has 10 nitrogen and oxygen atoms in total. The molecular formula is C36H45N5O5S. The Labute approximate surface area is 277 Å². The van der Waals surface area contributed by atoms with Gasteiger partial charge in [-0.25, -0.2) is 4.72 Å². The van der Waals surface area contributed by atoms with E-state index in [-0.39, 0.29) is 23.4 Å². The Hall–Kier alpha value is -3.41. The maximum absolute atomic E-state index is 14.6. The highest BCUT2D eigenvalue weighted by Crippen LogP contribution is 2.65. The van der Waals surface area contributed by atoms with Crippen LogP contribution in [0.5, 0.6) is 5.75 Å². The first-order chi connectivity index (χ1) is 22.6. The number of methoxy groups -OCH3 is 1. The maximum atomic E-state index is 14.6. The fourth-order valence-electron chi connectivity index (χ4n) is 9.15. The van der Waals surface area contributed by atoms with E-state index in [2.05, 4.69) is 31.6 Å². The fraction of sp³-hybridized carbons (Fsp3) is 0.556. The van der Waals surface area contributed by atoms with Crippen molar-refractivity contribution in [2.75, 3.05) is 40.8 Å². The summed E-state index contributed by atoms with van der Waals surface area (Å²) in [6.45, 7) is 3.65. The highest BCUT2D eigenvalue weighted by molar-refractivity contribution is 7.87. The van der Waals surface area contributed by atoms with Gasteiger partial charge in [0.1, 0.15) is 5.75 Å². The van der Waals surface area contributed by atoms with Crippen LogP contribution in [0.2, 0.25) is 0 Å². The van der Waals surface area contributed by atoms with Crippen LogP contribution in [0.3, 0.4) is 0 Å². The van der Waals surface area contributed by atoms with E-state index in [9.17, 15) is 18.0 Å². The molecule has 1 aromatic heterocycles. The molecule has 3 atom stereocenters. The average Bonchev–Trinajstić information content (AvgIpc) is 3.75. The second kappa shape index (κ2) is 11.3. The Kier molecular flexibility index (Phi) is 7.46. The third-order valence-electron chi connectivity index (χ3n) is 11.9. The summed E-state index contributed by atoms with van der Waals surface area (Å²) < 4.78 is 36.3. The van der Waals surface area contributed by atoms with E-state index in [0.717, 1.165) is 89.5 Å². The first kappa shape index (κ1) is 30.9. The molecule has 3 aromatic rings. The van der Waals surface area contributed by atoms with Gasteiger partial charge in [0.2, 0.25) is 5.91 Å². The van der Waals surface area contributed by atoms with Crippen molar-refractivity contribution in [2.45, 2.75) is 75.8 Å². The lowest BCUT2D eigenvalue weighted by molar-refractivity contribution is -0.129. The summed E-state index contributed by atoms with van der Waals surface area (Å²) in [5, 5.41) is 4.62. The number of carbonyl (C=O) groups excluding carboxylic acids is 2. The summed E-state index contributed by atoms with van der Waals surface area (Å²) in [7, 11) is 0.504. The quantitative estimate of drug-likeness (QED) is 0.384. The van der Waals surface area contributed by atoms with E-state index < -0.39 is 21.5 Å². The van der Waals surface area contributed by atoms with Gasteiger partial charge in [0.25, 0.3) is 5.91 Å². The number of nitrogens with one attached hydrogen (secondary N) is 2. The van der Waals surface area contributed by atoms with Crippen LogP contribution in [0.4, 0.5) is 0 Å². The minimum Gasteiger partial charge on any atom is -0.497 e. The predicted octanol–water partition coefficient (Wildman–Crippen LogP) is 4.60. The van der Waals surface area contributed by atoms with Gasteiger partial charge in [-0.1, -0.05) is 25.3 Å². The number of benzene rings is 2. The first-order valence-corrected chi connectivity index (χ1v) is 18.7. The Balaban J connectivity index is 1.28. The SMILES string of the molecule is COc1ccc2c(c1)C1CC1(C(=O)N[C@H]1CN3CCC1CC3)Cn1c-2c(C2CCCCC2)c2ccc(C(=O)NS(=O)(=O)N(C)C)cc21. The van der Waals surface area contributed by atoms with Gasteiger partial charge in [0, 0.05) is 61.2 Å². The lowest BCUT2D eigenvalue weighted by atomic mass is 9.81. The van der Waals surface area contributed by atoms with Gasteiger partial charge in [0.05, 0.1) is 18.2 Å². The average molecular weight is 660 g/mol. The maximum Gasteiger partial charge on any atom is 0.303 e. The van der Waals surface area contributed by atoms with Crippen molar-refractivity contribution in [1.29, 1.82) is 0 Å². The van der Waals surface area contributed by atoms with Crippen molar-refractivity contribution in [3.05, 3.63) is 53.1 Å². The second-order valence-electron chi connectivity index (χ2n) is 14.7. The molecular weight excluding hydrogens is 614 g/mol. The molecule has 2 bridgehead atoms. The lowest BCUT2D eigenvalue weighted by Crippen LogP contribution is -2.58. The molecule has 5 heterocycles. The summed E-state index contributed by atoms with van der Waals surface area (Å²) in [6.07, 6.45) is 8.77. The van der Waals surface area contributed by atoms with Crippen molar-refractivity contribution in [3.63, 3.8) is 0 Å². The normalized spacial score (nSPS) is 28.3. The minimum absolute atomic E-state index is 0.0551. The van der Waals surface area contributed by atoms with E-state index in [1.807, 2.05) is 18.2 Å². The molecule has 0 radical (unpaired) electrons. The predicted molar refractivity (Wildman–Crippen MR) is 181 cm³/mol. The zero-order valence-corrected chi connectivity index (χ0v) is 28.4. The van der Waals surface area contributed by atoms with Gasteiger partial charge >= 0.3 is 10.2 Å². The second-order valence-corrected chi connectivity index (χ2v) is 16.6. The van der Waals surface area contributed by atoms with E-state index in [4.69, 9.17) is 4.74 Å². The first-order valence-electron chi connectivity index (χ1n) is 17.2. The summed E-state index contributed by atoms with van der Waals surface area (Å²) >= 11 is 0. The molecule has 11 heteroatoms. The number of piperidine rings is 3. The van der Waals surface area contributed by atoms with Crippen molar-refractivity contribution < 1.29 is 22.7 Å². The monoisotopic (exact) mass is 659 g/mol. The number of hydrogen-bond donors (Lipinski definition) is 2. The third kappa shape index (κ3) is 5.07. The molecule has 0 spiro atoms. The molecule has 9 rings (SSSR count). The number of aromatic nitrogens is 1. The van der Waals surface area contributed by atoms with Crippen LogP contribution in [0, 0.1) is 11.3 Å². The molecule has 2 saturated carbocycles. The van der Waals surface area contributed by atoms with Crippen LogP contribution >= 0.6 is 0 Å². The Morgan fingerprint density at radius 3 is 2.45 bits per heavy atom. The van der Waals surface area contributed by atoms with Crippen LogP contribution in [0.1, 0.15) is 84.7 Å². The van der Waals surface area contributed by atoms with Gasteiger partial charge < -0.3 is 19.5 Å². The number of ether oxygens (including phenoxy) is 1. The number of rotatable bonds is 7. The van der Waals surface area contributed by atoms with Gasteiger partial charge in [-0.05, 0) is 98.5 Å². The smallest absolute Gasteiger partial charge is 0.303 e. The summed E-state index contributed by atoms with van der Waals surface area (Å²) in [5.41, 5.74) is 5.22. The van der Waals surface area contributed by atoms with E-state index in [0.29, 0.717) is 18.4 Å². The Morgan fingerprint density at radius 1 is 1.00 bits per heavy atom. The molecule has 3 saturated heterocycles. The van der Waals surface area contributed by atoms with Gasteiger partial charge in [-0.3, -0.25) is 9.59 Å². The largest absolute Gasteiger partial charge is 0.497 e. The molecule has 4 aliphatic heterocycles. The van der Waals surface area contributed by atoms with Crippen LogP contribution < -0.4 is 14.8 Å². The van der Waals surface area contributed by atoms with Crippen molar-refractivity contribution in [2.24, 2.45) is 11.3 Å². The highest BCUT2D eigenvalue weighted by atomic mass is 32.2. The highest BCUT2D eigenvalue weighted by Gasteiger charge is 2.63. The van der Waals surface area contributed by atoms with Crippen LogP contribution in [-0.2, 0) is 21.5 Å². The number of fused-ring (bicyclic) bond motifs is 10. The molecule has 5 fully saturated rings. The van der Waals surface area contributed by atoms with E-state index >= 15 is 0 Å². The molecule has 250 valence electrons. The zero-order chi connectivity index (χ0) is 32.7. The van der Waals surface area contributed by atoms with Gasteiger partial charge in [0.15, 0.2) is 0 Å². The summed E-state index contributed by atoms with van der Waals surface area (Å²) in [4.78, 5) is 30.4. The van der Waals surface area contributed by atoms with Crippen molar-refractivity contribution >= 4 is 32.9 Å². The van der Waals surface area contributed by atoms with Crippen LogP contribution in [-0.4, -0.2) is 80.9 Å². The van der Waals surface area contributed by atoms with E-state index in [1.54, 1.807) is 13.2 Å². The molecule has 2 unspecified atom stereocenters. The lowest BCUT2D eigenvalue weighted by Gasteiger charge is -2.45. The molecule has 2 amide bonds. The number of nitrogens with zero attached hydrogens (tertiary/aromatic N) is 3. The van der Waals surface area contributed by atoms with Crippen LogP contribution in [0.25, 0.3) is 22.2 Å². The molecule has 6 aliphatic rings. The minimum atomic E-state index is -3.96. The fourth-order valence-corrected chi connectivity index (χ4v) is 9.68. The number of hydrogen-bond acceptors (Lipinski definition) is 6. The van der Waals surface area contributed by atoms with Crippen molar-refractivity contribution in [1.82, 2.24) is 23.8 Å². The zero-order valence-electron chi connectivity index (χ0n) is 27.5. The van der Waals surface area contributed by atoms with Gasteiger partial charge in [-0.2, -0.15) is 12.7 Å². The van der Waals surface area contributed by atoms with Crippen molar-refractivity contribution in [3.8, 4) is 17.0 Å². The Morgan fingerprint density at radius 2 is 1.77 bits per heavy atom. The van der Waals surface area contributed by atoms with E-state index in [1.165, 1.54) is 38.9 Å². The number of carbonyl (C=O) groups is 2. The third-order valence-corrected chi connectivity index (χ3v) is 13.3. The van der Waals surface area contributed by atoms with Crippen LogP contribution in [0.15, 0.2) is 36.4 Å². The summed E-state index contributed by atoms with van der Waals surface area (Å²) in [6, 6.07) is 12.0. The number of amides is 2.